The van der Waals surface area contributed by atoms with Gasteiger partial charge in [0.1, 0.15) is 12.2 Å². The molecule has 1 N–H and O–H groups in total. The van der Waals surface area contributed by atoms with Gasteiger partial charge in [0.05, 0.1) is 0 Å². The van der Waals surface area contributed by atoms with Crippen LogP contribution < -0.4 is 0 Å². The Bertz CT molecular complexity index is 495. The summed E-state index contributed by atoms with van der Waals surface area (Å²) in [6.07, 6.45) is 6.08. The van der Waals surface area contributed by atoms with E-state index < -0.39 is 5.97 Å². The number of carbonyl (C=O) groups is 2. The summed E-state index contributed by atoms with van der Waals surface area (Å²) < 4.78 is 1.49. The Kier molecular flexibility index (Phi) is 4.47. The van der Waals surface area contributed by atoms with Crippen molar-refractivity contribution in [3.63, 3.8) is 0 Å². The van der Waals surface area contributed by atoms with E-state index in [9.17, 15) is 9.59 Å². The number of hydrogen-bond donors (Lipinski definition) is 1. The van der Waals surface area contributed by atoms with Gasteiger partial charge in [0.15, 0.2) is 0 Å². The van der Waals surface area contributed by atoms with E-state index in [1.54, 1.807) is 23.2 Å². The zero-order valence-corrected chi connectivity index (χ0v) is 12.1. The average molecular weight is 278 g/mol. The number of amides is 1. The van der Waals surface area contributed by atoms with Crippen LogP contribution in [0.1, 0.15) is 43.1 Å². The van der Waals surface area contributed by atoms with Gasteiger partial charge in [-0.1, -0.05) is 19.8 Å². The van der Waals surface area contributed by atoms with Crippen molar-refractivity contribution in [2.45, 2.75) is 45.2 Å². The van der Waals surface area contributed by atoms with Crippen LogP contribution in [0.25, 0.3) is 0 Å². The maximum atomic E-state index is 12.5. The molecule has 1 amide bonds. The Morgan fingerprint density at radius 3 is 2.85 bits per heavy atom. The minimum absolute atomic E-state index is 0.0876. The van der Waals surface area contributed by atoms with E-state index in [-0.39, 0.29) is 18.5 Å². The van der Waals surface area contributed by atoms with Crippen LogP contribution in [0.2, 0.25) is 0 Å². The number of hydrogen-bond acceptors (Lipinski definition) is 2. The van der Waals surface area contributed by atoms with Crippen LogP contribution in [0, 0.1) is 5.92 Å². The van der Waals surface area contributed by atoms with Gasteiger partial charge in [-0.25, -0.2) is 0 Å². The second kappa shape index (κ2) is 6.11. The quantitative estimate of drug-likeness (QED) is 0.918. The molecule has 2 atom stereocenters. The van der Waals surface area contributed by atoms with Crippen molar-refractivity contribution >= 4 is 11.9 Å². The van der Waals surface area contributed by atoms with Gasteiger partial charge in [0.25, 0.3) is 5.91 Å². The Morgan fingerprint density at radius 2 is 2.20 bits per heavy atom. The molecule has 1 aromatic heterocycles. The SMILES string of the molecule is CC1CCCC(N(C)C(=O)c2cccn2CC(=O)O)C1. The topological polar surface area (TPSA) is 62.5 Å². The molecular formula is C15H22N2O3. The maximum Gasteiger partial charge on any atom is 0.323 e. The third-order valence-corrected chi connectivity index (χ3v) is 4.13. The van der Waals surface area contributed by atoms with Crippen LogP contribution in [0.4, 0.5) is 0 Å². The minimum atomic E-state index is -0.941. The molecule has 1 aromatic rings. The lowest BCUT2D eigenvalue weighted by molar-refractivity contribution is -0.137. The number of rotatable bonds is 4. The van der Waals surface area contributed by atoms with Gasteiger partial charge in [-0.05, 0) is 30.9 Å². The lowest BCUT2D eigenvalue weighted by Gasteiger charge is -2.34. The van der Waals surface area contributed by atoms with E-state index in [4.69, 9.17) is 5.11 Å². The molecule has 5 nitrogen and oxygen atoms in total. The fourth-order valence-corrected chi connectivity index (χ4v) is 2.99. The first-order valence-electron chi connectivity index (χ1n) is 7.13. The molecule has 0 bridgehead atoms. The van der Waals surface area contributed by atoms with Gasteiger partial charge in [0, 0.05) is 19.3 Å². The van der Waals surface area contributed by atoms with E-state index in [1.165, 1.54) is 11.0 Å². The highest BCUT2D eigenvalue weighted by molar-refractivity contribution is 5.93. The molecule has 1 heterocycles. The minimum Gasteiger partial charge on any atom is -0.480 e. The summed E-state index contributed by atoms with van der Waals surface area (Å²) in [4.78, 5) is 25.1. The molecular weight excluding hydrogens is 256 g/mol. The largest absolute Gasteiger partial charge is 0.480 e. The number of nitrogens with zero attached hydrogens (tertiary/aromatic N) is 2. The first kappa shape index (κ1) is 14.6. The van der Waals surface area contributed by atoms with Crippen LogP contribution in [-0.4, -0.2) is 39.5 Å². The molecule has 0 aromatic carbocycles. The summed E-state index contributed by atoms with van der Waals surface area (Å²) in [7, 11) is 1.82. The van der Waals surface area contributed by atoms with Crippen LogP contribution in [0.3, 0.4) is 0 Å². The van der Waals surface area contributed by atoms with Crippen molar-refractivity contribution in [1.82, 2.24) is 9.47 Å². The lowest BCUT2D eigenvalue weighted by Crippen LogP contribution is -2.40. The number of carboxylic acids is 1. The van der Waals surface area contributed by atoms with Crippen LogP contribution in [0.15, 0.2) is 18.3 Å². The molecule has 1 saturated carbocycles. The maximum absolute atomic E-state index is 12.5. The summed E-state index contributed by atoms with van der Waals surface area (Å²) in [5, 5.41) is 8.87. The fourth-order valence-electron chi connectivity index (χ4n) is 2.99. The second-order valence-corrected chi connectivity index (χ2v) is 5.76. The zero-order chi connectivity index (χ0) is 14.7. The fraction of sp³-hybridized carbons (Fsp3) is 0.600. The normalized spacial score (nSPS) is 22.5. The van der Waals surface area contributed by atoms with Gasteiger partial charge in [-0.15, -0.1) is 0 Å². The summed E-state index contributed by atoms with van der Waals surface area (Å²) in [6, 6.07) is 3.67. The van der Waals surface area contributed by atoms with E-state index in [2.05, 4.69) is 6.92 Å². The molecule has 2 unspecified atom stereocenters. The smallest absolute Gasteiger partial charge is 0.323 e. The van der Waals surface area contributed by atoms with Crippen molar-refractivity contribution in [2.24, 2.45) is 5.92 Å². The highest BCUT2D eigenvalue weighted by Crippen LogP contribution is 2.27. The molecule has 2 rings (SSSR count). The Hall–Kier alpha value is -1.78. The summed E-state index contributed by atoms with van der Waals surface area (Å²) in [6.45, 7) is 2.04. The highest BCUT2D eigenvalue weighted by atomic mass is 16.4. The van der Waals surface area contributed by atoms with Gasteiger partial charge in [-0.3, -0.25) is 9.59 Å². The first-order valence-corrected chi connectivity index (χ1v) is 7.13. The van der Waals surface area contributed by atoms with E-state index in [0.717, 1.165) is 19.3 Å². The predicted octanol–water partition coefficient (Wildman–Crippen LogP) is 2.22. The summed E-state index contributed by atoms with van der Waals surface area (Å²) >= 11 is 0. The molecule has 110 valence electrons. The number of aromatic nitrogens is 1. The first-order chi connectivity index (χ1) is 9.49. The molecule has 0 saturated heterocycles. The number of carbonyl (C=O) groups excluding carboxylic acids is 1. The van der Waals surface area contributed by atoms with E-state index in [0.29, 0.717) is 11.6 Å². The molecule has 1 aliphatic rings. The monoisotopic (exact) mass is 278 g/mol. The number of carboxylic acid groups (broad SMARTS) is 1. The highest BCUT2D eigenvalue weighted by Gasteiger charge is 2.27. The van der Waals surface area contributed by atoms with Crippen molar-refractivity contribution in [2.75, 3.05) is 7.05 Å². The Labute approximate surface area is 119 Å². The second-order valence-electron chi connectivity index (χ2n) is 5.76. The number of aliphatic carboxylic acids is 1. The molecule has 1 aliphatic carbocycles. The van der Waals surface area contributed by atoms with Crippen molar-refractivity contribution < 1.29 is 14.7 Å². The third kappa shape index (κ3) is 3.21. The molecule has 5 heteroatoms. The Morgan fingerprint density at radius 1 is 1.45 bits per heavy atom. The van der Waals surface area contributed by atoms with Crippen LogP contribution in [-0.2, 0) is 11.3 Å². The molecule has 0 radical (unpaired) electrons. The van der Waals surface area contributed by atoms with Crippen molar-refractivity contribution in [3.05, 3.63) is 24.0 Å². The summed E-state index contributed by atoms with van der Waals surface area (Å²) in [5.74, 6) is -0.380. The van der Waals surface area contributed by atoms with Crippen LogP contribution >= 0.6 is 0 Å². The molecule has 0 aliphatic heterocycles. The van der Waals surface area contributed by atoms with Gasteiger partial charge < -0.3 is 14.6 Å². The van der Waals surface area contributed by atoms with Crippen molar-refractivity contribution in [3.8, 4) is 0 Å². The Balaban J connectivity index is 2.10. The zero-order valence-electron chi connectivity index (χ0n) is 12.1. The van der Waals surface area contributed by atoms with Gasteiger partial charge >= 0.3 is 5.97 Å². The lowest BCUT2D eigenvalue weighted by atomic mass is 9.86. The molecule has 0 spiro atoms. The average Bonchev–Trinajstić information content (AvgIpc) is 2.84. The van der Waals surface area contributed by atoms with E-state index in [1.807, 2.05) is 7.05 Å². The third-order valence-electron chi connectivity index (χ3n) is 4.13. The van der Waals surface area contributed by atoms with Crippen LogP contribution in [0.5, 0.6) is 0 Å². The molecule has 20 heavy (non-hydrogen) atoms. The standard InChI is InChI=1S/C15H22N2O3/c1-11-5-3-6-12(9-11)16(2)15(20)13-7-4-8-17(13)10-14(18)19/h4,7-8,11-12H,3,5-6,9-10H2,1-2H3,(H,18,19). The summed E-state index contributed by atoms with van der Waals surface area (Å²) in [5.41, 5.74) is 0.452. The van der Waals surface area contributed by atoms with Gasteiger partial charge in [0.2, 0.25) is 0 Å². The van der Waals surface area contributed by atoms with E-state index >= 15 is 0 Å². The van der Waals surface area contributed by atoms with Crippen molar-refractivity contribution in [1.29, 1.82) is 0 Å². The molecule has 1 fully saturated rings. The predicted molar refractivity (Wildman–Crippen MR) is 75.6 cm³/mol. The van der Waals surface area contributed by atoms with Gasteiger partial charge in [-0.2, -0.15) is 0 Å².